The van der Waals surface area contributed by atoms with Crippen molar-refractivity contribution < 1.29 is 9.59 Å². The van der Waals surface area contributed by atoms with Crippen LogP contribution in [-0.4, -0.2) is 68.4 Å². The molecule has 0 aromatic heterocycles. The predicted molar refractivity (Wildman–Crippen MR) is 155 cm³/mol. The van der Waals surface area contributed by atoms with Gasteiger partial charge in [0.1, 0.15) is 0 Å². The molecule has 0 bridgehead atoms. The van der Waals surface area contributed by atoms with Gasteiger partial charge < -0.3 is 20.4 Å². The molecule has 3 aromatic rings. The van der Waals surface area contributed by atoms with Gasteiger partial charge in [0, 0.05) is 55.2 Å². The van der Waals surface area contributed by atoms with Crippen LogP contribution in [0.3, 0.4) is 0 Å². The first-order valence-electron chi connectivity index (χ1n) is 12.8. The topological polar surface area (TPSA) is 67.9 Å². The van der Waals surface area contributed by atoms with E-state index in [4.69, 9.17) is 11.6 Å². The number of hydrogen-bond donors (Lipinski definition) is 2. The van der Waals surface area contributed by atoms with Crippen LogP contribution < -0.4 is 15.5 Å². The summed E-state index contributed by atoms with van der Waals surface area (Å²) in [5, 5.41) is 7.00. The molecular formula is C30H32ClN5O2. The van der Waals surface area contributed by atoms with E-state index >= 15 is 0 Å². The lowest BCUT2D eigenvalue weighted by molar-refractivity contribution is -0.119. The van der Waals surface area contributed by atoms with Gasteiger partial charge in [-0.2, -0.15) is 0 Å². The maximum absolute atomic E-state index is 13.1. The van der Waals surface area contributed by atoms with E-state index in [1.807, 2.05) is 68.6 Å². The summed E-state index contributed by atoms with van der Waals surface area (Å²) in [5.41, 5.74) is 6.30. The molecule has 2 aliphatic rings. The Morgan fingerprint density at radius 3 is 2.47 bits per heavy atom. The lowest BCUT2D eigenvalue weighted by Gasteiger charge is -2.33. The number of benzene rings is 3. The molecule has 2 heterocycles. The first-order valence-corrected chi connectivity index (χ1v) is 13.1. The first kappa shape index (κ1) is 26.0. The molecule has 38 heavy (non-hydrogen) atoms. The molecule has 196 valence electrons. The van der Waals surface area contributed by atoms with Crippen LogP contribution in [0, 0.1) is 6.92 Å². The van der Waals surface area contributed by atoms with Crippen molar-refractivity contribution in [2.75, 3.05) is 62.4 Å². The number of likely N-dealkylation sites (N-methyl/N-ethyl adjacent to an activating group) is 2. The van der Waals surface area contributed by atoms with Crippen LogP contribution >= 0.6 is 11.6 Å². The number of piperazine rings is 1. The molecule has 1 fully saturated rings. The van der Waals surface area contributed by atoms with E-state index in [1.54, 1.807) is 17.0 Å². The fourth-order valence-corrected chi connectivity index (χ4v) is 5.14. The highest BCUT2D eigenvalue weighted by Crippen LogP contribution is 2.39. The summed E-state index contributed by atoms with van der Waals surface area (Å²) in [6.07, 6.45) is 0. The quantitative estimate of drug-likeness (QED) is 0.449. The van der Waals surface area contributed by atoms with Gasteiger partial charge >= 0.3 is 0 Å². The van der Waals surface area contributed by atoms with Gasteiger partial charge in [0.25, 0.3) is 5.91 Å². The third-order valence-electron chi connectivity index (χ3n) is 7.20. The number of fused-ring (bicyclic) bond motifs is 1. The van der Waals surface area contributed by atoms with Crippen molar-refractivity contribution in [1.29, 1.82) is 0 Å². The van der Waals surface area contributed by atoms with Gasteiger partial charge in [-0.1, -0.05) is 48.0 Å². The van der Waals surface area contributed by atoms with Crippen molar-refractivity contribution in [1.82, 2.24) is 9.80 Å². The number of amides is 2. The molecule has 3 aromatic carbocycles. The summed E-state index contributed by atoms with van der Waals surface area (Å²) in [7, 11) is 3.94. The zero-order chi connectivity index (χ0) is 26.8. The lowest BCUT2D eigenvalue weighted by Crippen LogP contribution is -2.48. The monoisotopic (exact) mass is 529 g/mol. The molecule has 0 radical (unpaired) electrons. The van der Waals surface area contributed by atoms with E-state index in [2.05, 4.69) is 27.5 Å². The average Bonchev–Trinajstić information content (AvgIpc) is 3.23. The number of nitrogens with zero attached hydrogens (tertiary/aromatic N) is 3. The summed E-state index contributed by atoms with van der Waals surface area (Å²) in [6, 6.07) is 21.1. The molecule has 5 rings (SSSR count). The Morgan fingerprint density at radius 1 is 1.03 bits per heavy atom. The van der Waals surface area contributed by atoms with Gasteiger partial charge in [0.05, 0.1) is 23.5 Å². The van der Waals surface area contributed by atoms with E-state index in [1.165, 1.54) is 0 Å². The molecule has 0 atom stereocenters. The Balaban J connectivity index is 1.42. The number of anilines is 3. The third-order valence-corrected chi connectivity index (χ3v) is 7.43. The van der Waals surface area contributed by atoms with E-state index in [0.29, 0.717) is 28.5 Å². The second kappa shape index (κ2) is 11.0. The molecule has 0 unspecified atom stereocenters. The molecule has 7 nitrogen and oxygen atoms in total. The number of carbonyl (C=O) groups is 2. The Kier molecular flexibility index (Phi) is 7.51. The van der Waals surface area contributed by atoms with Gasteiger partial charge in [-0.05, 0) is 55.4 Å². The van der Waals surface area contributed by atoms with Crippen molar-refractivity contribution >= 4 is 51.7 Å². The number of aryl methyl sites for hydroxylation is 1. The maximum atomic E-state index is 13.1. The number of hydrogen-bond acceptors (Lipinski definition) is 5. The largest absolute Gasteiger partial charge is 0.354 e. The highest BCUT2D eigenvalue weighted by atomic mass is 35.5. The van der Waals surface area contributed by atoms with Crippen LogP contribution in [0.2, 0.25) is 5.02 Å². The fraction of sp³-hybridized carbons (Fsp3) is 0.267. The van der Waals surface area contributed by atoms with Crippen molar-refractivity contribution in [3.8, 4) is 0 Å². The molecule has 0 saturated carbocycles. The van der Waals surface area contributed by atoms with Gasteiger partial charge in [0.15, 0.2) is 0 Å². The standard InChI is InChI=1S/C30H32ClN5O2/c1-20-17-23(10-12-26(20)35(3)27(37)19-36-15-13-34(2)14-16-36)32-29(21-7-5-4-6-8-21)28-24-11-9-22(31)18-25(24)33-30(28)38/h4-12,17-18,32H,13-16,19H2,1-3H3,(H,33,38)/b29-28-. The van der Waals surface area contributed by atoms with Crippen LogP contribution in [0.25, 0.3) is 11.3 Å². The molecule has 2 aliphatic heterocycles. The van der Waals surface area contributed by atoms with Crippen LogP contribution in [-0.2, 0) is 9.59 Å². The summed E-state index contributed by atoms with van der Waals surface area (Å²) in [4.78, 5) is 32.4. The minimum atomic E-state index is -0.184. The van der Waals surface area contributed by atoms with Gasteiger partial charge in [-0.3, -0.25) is 14.5 Å². The normalized spacial score (nSPS) is 17.1. The lowest BCUT2D eigenvalue weighted by atomic mass is 10.00. The zero-order valence-corrected chi connectivity index (χ0v) is 22.7. The summed E-state index contributed by atoms with van der Waals surface area (Å²) in [6.45, 7) is 6.16. The molecule has 8 heteroatoms. The second-order valence-corrected chi connectivity index (χ2v) is 10.4. The Bertz CT molecular complexity index is 1400. The fourth-order valence-electron chi connectivity index (χ4n) is 4.97. The Hall–Kier alpha value is -3.65. The van der Waals surface area contributed by atoms with Crippen molar-refractivity contribution in [2.45, 2.75) is 6.92 Å². The second-order valence-electron chi connectivity index (χ2n) is 9.92. The third kappa shape index (κ3) is 5.45. The van der Waals surface area contributed by atoms with E-state index in [-0.39, 0.29) is 11.8 Å². The molecular weight excluding hydrogens is 498 g/mol. The molecule has 2 N–H and O–H groups in total. The highest BCUT2D eigenvalue weighted by molar-refractivity contribution is 6.38. The number of rotatable bonds is 6. The number of halogens is 1. The Morgan fingerprint density at radius 2 is 1.76 bits per heavy atom. The summed E-state index contributed by atoms with van der Waals surface area (Å²) in [5.74, 6) is -0.112. The van der Waals surface area contributed by atoms with E-state index in [0.717, 1.165) is 54.2 Å². The highest BCUT2D eigenvalue weighted by Gasteiger charge is 2.29. The van der Waals surface area contributed by atoms with Crippen LogP contribution in [0.15, 0.2) is 66.7 Å². The number of carbonyl (C=O) groups excluding carboxylic acids is 2. The van der Waals surface area contributed by atoms with Crippen LogP contribution in [0.1, 0.15) is 16.7 Å². The van der Waals surface area contributed by atoms with Gasteiger partial charge in [-0.15, -0.1) is 0 Å². The minimum Gasteiger partial charge on any atom is -0.354 e. The zero-order valence-electron chi connectivity index (χ0n) is 21.9. The molecule has 2 amide bonds. The van der Waals surface area contributed by atoms with E-state index < -0.39 is 0 Å². The molecule has 0 aliphatic carbocycles. The van der Waals surface area contributed by atoms with Crippen molar-refractivity contribution in [3.05, 3.63) is 88.4 Å². The van der Waals surface area contributed by atoms with Crippen LogP contribution in [0.5, 0.6) is 0 Å². The van der Waals surface area contributed by atoms with Gasteiger partial charge in [0.2, 0.25) is 5.91 Å². The smallest absolute Gasteiger partial charge is 0.258 e. The average molecular weight is 530 g/mol. The molecule has 0 spiro atoms. The summed E-state index contributed by atoms with van der Waals surface area (Å²) < 4.78 is 0. The first-order chi connectivity index (χ1) is 18.3. The summed E-state index contributed by atoms with van der Waals surface area (Å²) >= 11 is 6.17. The van der Waals surface area contributed by atoms with Crippen molar-refractivity contribution in [3.63, 3.8) is 0 Å². The molecule has 1 saturated heterocycles. The Labute approximate surface area is 228 Å². The van der Waals surface area contributed by atoms with Crippen molar-refractivity contribution in [2.24, 2.45) is 0 Å². The van der Waals surface area contributed by atoms with E-state index in [9.17, 15) is 9.59 Å². The minimum absolute atomic E-state index is 0.0725. The van der Waals surface area contributed by atoms with Crippen LogP contribution in [0.4, 0.5) is 17.1 Å². The predicted octanol–water partition coefficient (Wildman–Crippen LogP) is 4.79. The van der Waals surface area contributed by atoms with Gasteiger partial charge in [-0.25, -0.2) is 0 Å². The SMILES string of the molecule is Cc1cc(N/C(=C2\C(=O)Nc3cc(Cl)ccc32)c2ccccc2)ccc1N(C)C(=O)CN1CCN(C)CC1. The maximum Gasteiger partial charge on any atom is 0.258 e. The number of nitrogens with one attached hydrogen (secondary N) is 2.